The summed E-state index contributed by atoms with van der Waals surface area (Å²) in [4.78, 5) is 20.4. The van der Waals surface area contributed by atoms with E-state index in [4.69, 9.17) is 16.3 Å². The summed E-state index contributed by atoms with van der Waals surface area (Å²) in [7, 11) is 1.30. The summed E-state index contributed by atoms with van der Waals surface area (Å²) in [5.74, 6) is 0.413. The van der Waals surface area contributed by atoms with E-state index in [0.717, 1.165) is 33.3 Å². The van der Waals surface area contributed by atoms with Crippen LogP contribution in [-0.2, 0) is 16.1 Å². The summed E-state index contributed by atoms with van der Waals surface area (Å²) in [6.07, 6.45) is 0. The molecule has 2 aromatic heterocycles. The first-order chi connectivity index (χ1) is 19.1. The number of fused-ring (bicyclic) bond motifs is 1. The Morgan fingerprint density at radius 3 is 2.44 bits per heavy atom. The maximum Gasteiger partial charge on any atom is 0.329 e. The molecule has 0 bridgehead atoms. The SMILES string of the molecule is COC(=O)Cn1nnc(-c2cccc(Oc3nc4cc(-c5ccc(-c6ccccc6)cc5)c(Cl)cc4[nH]3)c2)n1. The normalized spacial score (nSPS) is 11.0. The highest BCUT2D eigenvalue weighted by Gasteiger charge is 2.13. The van der Waals surface area contributed by atoms with Gasteiger partial charge >= 0.3 is 5.97 Å². The van der Waals surface area contributed by atoms with Crippen LogP contribution >= 0.6 is 11.6 Å². The molecule has 0 aliphatic heterocycles. The number of tetrazole rings is 1. The molecule has 2 heterocycles. The van der Waals surface area contributed by atoms with Gasteiger partial charge in [0.05, 0.1) is 23.2 Å². The molecule has 0 fully saturated rings. The lowest BCUT2D eigenvalue weighted by atomic mass is 10.00. The third kappa shape index (κ3) is 5.21. The van der Waals surface area contributed by atoms with Gasteiger partial charge in [-0.3, -0.25) is 0 Å². The molecular weight excluding hydrogens is 516 g/mol. The van der Waals surface area contributed by atoms with E-state index in [0.29, 0.717) is 28.2 Å². The molecule has 0 spiro atoms. The van der Waals surface area contributed by atoms with Gasteiger partial charge in [0.25, 0.3) is 6.01 Å². The molecule has 39 heavy (non-hydrogen) atoms. The number of nitrogens with one attached hydrogen (secondary N) is 1. The Bertz CT molecular complexity index is 1780. The fourth-order valence-electron chi connectivity index (χ4n) is 4.17. The summed E-state index contributed by atoms with van der Waals surface area (Å²) in [5.41, 5.74) is 6.31. The molecular formula is C29H21ClN6O3. The second-order valence-electron chi connectivity index (χ2n) is 8.68. The van der Waals surface area contributed by atoms with Crippen LogP contribution in [0.3, 0.4) is 0 Å². The minimum absolute atomic E-state index is 0.125. The van der Waals surface area contributed by atoms with Gasteiger partial charge in [0.1, 0.15) is 5.75 Å². The Kier molecular flexibility index (Phi) is 6.48. The molecule has 1 N–H and O–H groups in total. The van der Waals surface area contributed by atoms with Crippen LogP contribution in [-0.4, -0.2) is 43.3 Å². The predicted molar refractivity (Wildman–Crippen MR) is 147 cm³/mol. The number of H-pyrrole nitrogens is 1. The number of aromatic nitrogens is 6. The summed E-state index contributed by atoms with van der Waals surface area (Å²) in [6.45, 7) is -0.125. The van der Waals surface area contributed by atoms with E-state index in [1.165, 1.54) is 11.9 Å². The van der Waals surface area contributed by atoms with Crippen molar-refractivity contribution < 1.29 is 14.3 Å². The van der Waals surface area contributed by atoms with Crippen molar-refractivity contribution in [2.45, 2.75) is 6.54 Å². The number of carbonyl (C=O) groups is 1. The first-order valence-corrected chi connectivity index (χ1v) is 12.4. The molecule has 0 aliphatic rings. The third-order valence-corrected chi connectivity index (χ3v) is 6.42. The highest BCUT2D eigenvalue weighted by Crippen LogP contribution is 2.34. The lowest BCUT2D eigenvalue weighted by molar-refractivity contribution is -0.141. The molecule has 0 saturated carbocycles. The topological polar surface area (TPSA) is 108 Å². The molecule has 0 amide bonds. The van der Waals surface area contributed by atoms with Crippen molar-refractivity contribution >= 4 is 28.6 Å². The van der Waals surface area contributed by atoms with Crippen LogP contribution in [0.15, 0.2) is 91.0 Å². The number of hydrogen-bond donors (Lipinski definition) is 1. The van der Waals surface area contributed by atoms with Crippen LogP contribution in [0, 0.1) is 0 Å². The number of esters is 1. The Labute approximate surface area is 228 Å². The lowest BCUT2D eigenvalue weighted by Gasteiger charge is -2.07. The number of halogens is 1. The second-order valence-corrected chi connectivity index (χ2v) is 9.09. The van der Waals surface area contributed by atoms with Gasteiger partial charge in [-0.1, -0.05) is 78.3 Å². The zero-order valence-electron chi connectivity index (χ0n) is 20.7. The molecule has 192 valence electrons. The number of rotatable bonds is 7. The summed E-state index contributed by atoms with van der Waals surface area (Å²) in [5, 5.41) is 12.7. The maximum atomic E-state index is 11.5. The van der Waals surface area contributed by atoms with Gasteiger partial charge in [0.2, 0.25) is 5.82 Å². The van der Waals surface area contributed by atoms with Crippen molar-refractivity contribution in [3.8, 4) is 45.4 Å². The lowest BCUT2D eigenvalue weighted by Crippen LogP contribution is -2.14. The quantitative estimate of drug-likeness (QED) is 0.243. The maximum absolute atomic E-state index is 11.5. The Balaban J connectivity index is 1.23. The van der Waals surface area contributed by atoms with Crippen molar-refractivity contribution in [2.24, 2.45) is 0 Å². The van der Waals surface area contributed by atoms with Crippen LogP contribution in [0.1, 0.15) is 0 Å². The van der Waals surface area contributed by atoms with E-state index in [2.05, 4.69) is 66.5 Å². The number of ether oxygens (including phenoxy) is 2. The Morgan fingerprint density at radius 2 is 1.64 bits per heavy atom. The van der Waals surface area contributed by atoms with Gasteiger partial charge < -0.3 is 14.5 Å². The molecule has 6 aromatic rings. The smallest absolute Gasteiger partial charge is 0.329 e. The summed E-state index contributed by atoms with van der Waals surface area (Å²) in [6, 6.07) is 29.8. The van der Waals surface area contributed by atoms with E-state index in [1.807, 2.05) is 42.5 Å². The van der Waals surface area contributed by atoms with Crippen molar-refractivity contribution in [1.29, 1.82) is 0 Å². The predicted octanol–water partition coefficient (Wildman–Crippen LogP) is 6.17. The molecule has 0 saturated heterocycles. The van der Waals surface area contributed by atoms with Crippen LogP contribution in [0.25, 0.3) is 44.7 Å². The second kappa shape index (κ2) is 10.4. The average molecular weight is 537 g/mol. The number of aromatic amines is 1. The highest BCUT2D eigenvalue weighted by atomic mass is 35.5. The first kappa shape index (κ1) is 24.3. The van der Waals surface area contributed by atoms with Crippen LogP contribution in [0.4, 0.5) is 0 Å². The van der Waals surface area contributed by atoms with Gasteiger partial charge in [-0.15, -0.1) is 10.2 Å². The van der Waals surface area contributed by atoms with E-state index in [1.54, 1.807) is 12.1 Å². The Hall–Kier alpha value is -5.02. The molecule has 0 aliphatic carbocycles. The number of methoxy groups -OCH3 is 1. The van der Waals surface area contributed by atoms with E-state index < -0.39 is 5.97 Å². The van der Waals surface area contributed by atoms with E-state index in [9.17, 15) is 4.79 Å². The van der Waals surface area contributed by atoms with Gasteiger partial charge in [-0.25, -0.2) is 4.79 Å². The largest absolute Gasteiger partial charge is 0.468 e. The highest BCUT2D eigenvalue weighted by molar-refractivity contribution is 6.34. The molecule has 9 nitrogen and oxygen atoms in total. The number of hydrogen-bond acceptors (Lipinski definition) is 7. The number of carbonyl (C=O) groups excluding carboxylic acids is 1. The fourth-order valence-corrected chi connectivity index (χ4v) is 4.44. The van der Waals surface area contributed by atoms with Gasteiger partial charge in [0.15, 0.2) is 6.54 Å². The standard InChI is InChI=1S/C29H21ClN6O3/c1-38-27(37)17-36-34-28(33-35-36)21-8-5-9-22(14-21)39-29-31-25-15-23(24(30)16-26(25)32-29)20-12-10-19(11-13-20)18-6-3-2-4-7-18/h2-16H,17H2,1H3,(H,31,32). The van der Waals surface area contributed by atoms with Gasteiger partial charge in [0, 0.05) is 11.1 Å². The van der Waals surface area contributed by atoms with Crippen molar-refractivity contribution in [2.75, 3.05) is 7.11 Å². The molecule has 0 unspecified atom stereocenters. The van der Waals surface area contributed by atoms with Gasteiger partial charge in [-0.2, -0.15) is 9.78 Å². The number of benzene rings is 4. The average Bonchev–Trinajstić information content (AvgIpc) is 3.59. The summed E-state index contributed by atoms with van der Waals surface area (Å²) >= 11 is 6.66. The number of nitrogens with zero attached hydrogens (tertiary/aromatic N) is 5. The van der Waals surface area contributed by atoms with Crippen molar-refractivity contribution in [3.63, 3.8) is 0 Å². The molecule has 10 heteroatoms. The summed E-state index contributed by atoms with van der Waals surface area (Å²) < 4.78 is 10.6. The van der Waals surface area contributed by atoms with Gasteiger partial charge in [-0.05, 0) is 46.2 Å². The fraction of sp³-hybridized carbons (Fsp3) is 0.0690. The van der Waals surface area contributed by atoms with E-state index in [-0.39, 0.29) is 6.54 Å². The monoisotopic (exact) mass is 536 g/mol. The van der Waals surface area contributed by atoms with Crippen LogP contribution in [0.5, 0.6) is 11.8 Å². The van der Waals surface area contributed by atoms with Crippen LogP contribution in [0.2, 0.25) is 5.02 Å². The molecule has 4 aromatic carbocycles. The zero-order valence-corrected chi connectivity index (χ0v) is 21.5. The molecule has 0 radical (unpaired) electrons. The van der Waals surface area contributed by atoms with Crippen molar-refractivity contribution in [3.05, 3.63) is 96.0 Å². The minimum atomic E-state index is -0.464. The zero-order chi connectivity index (χ0) is 26.8. The van der Waals surface area contributed by atoms with Crippen LogP contribution < -0.4 is 4.74 Å². The number of imidazole rings is 1. The van der Waals surface area contributed by atoms with E-state index >= 15 is 0 Å². The Morgan fingerprint density at radius 1 is 0.897 bits per heavy atom. The third-order valence-electron chi connectivity index (χ3n) is 6.11. The first-order valence-electron chi connectivity index (χ1n) is 12.0. The molecule has 6 rings (SSSR count). The minimum Gasteiger partial charge on any atom is -0.468 e. The van der Waals surface area contributed by atoms with Crippen molar-refractivity contribution in [1.82, 2.24) is 30.2 Å². The molecule has 0 atom stereocenters.